The Kier molecular flexibility index (Phi) is 2.85. The van der Waals surface area contributed by atoms with Crippen molar-refractivity contribution in [2.24, 2.45) is 5.92 Å². The van der Waals surface area contributed by atoms with E-state index in [0.717, 1.165) is 42.6 Å². The van der Waals surface area contributed by atoms with Crippen LogP contribution in [0.2, 0.25) is 0 Å². The number of carboxylic acid groups (broad SMARTS) is 1. The first-order chi connectivity index (χ1) is 9.18. The van der Waals surface area contributed by atoms with Crippen molar-refractivity contribution in [1.29, 1.82) is 0 Å². The number of fused-ring (bicyclic) bond motifs is 3. The van der Waals surface area contributed by atoms with Crippen LogP contribution in [-0.4, -0.2) is 18.2 Å². The SMILES string of the molecule is COc1ccc2c(c1)[C@]1(C(=O)O)CCCC[C@H]1C=C2. The lowest BCUT2D eigenvalue weighted by Crippen LogP contribution is -2.46. The summed E-state index contributed by atoms with van der Waals surface area (Å²) in [4.78, 5) is 12.0. The Balaban J connectivity index is 2.21. The van der Waals surface area contributed by atoms with Crippen LogP contribution in [0, 0.1) is 5.92 Å². The minimum Gasteiger partial charge on any atom is -0.497 e. The minimum absolute atomic E-state index is 0.110. The second-order valence-corrected chi connectivity index (χ2v) is 5.44. The molecule has 19 heavy (non-hydrogen) atoms. The molecule has 0 bridgehead atoms. The van der Waals surface area contributed by atoms with E-state index >= 15 is 0 Å². The third-order valence-corrected chi connectivity index (χ3v) is 4.60. The van der Waals surface area contributed by atoms with Gasteiger partial charge < -0.3 is 9.84 Å². The Morgan fingerprint density at radius 1 is 1.42 bits per heavy atom. The summed E-state index contributed by atoms with van der Waals surface area (Å²) in [6.45, 7) is 0. The lowest BCUT2D eigenvalue weighted by molar-refractivity contribution is -0.147. The van der Waals surface area contributed by atoms with Gasteiger partial charge in [0.15, 0.2) is 0 Å². The zero-order chi connectivity index (χ0) is 13.5. The molecule has 2 atom stereocenters. The fourth-order valence-electron chi connectivity index (χ4n) is 3.59. The van der Waals surface area contributed by atoms with E-state index in [1.807, 2.05) is 18.2 Å². The molecule has 3 nitrogen and oxygen atoms in total. The van der Waals surface area contributed by atoms with Gasteiger partial charge in [0.05, 0.1) is 12.5 Å². The number of carboxylic acids is 1. The van der Waals surface area contributed by atoms with E-state index in [9.17, 15) is 9.90 Å². The fraction of sp³-hybridized carbons (Fsp3) is 0.438. The number of methoxy groups -OCH3 is 1. The Morgan fingerprint density at radius 2 is 2.26 bits per heavy atom. The summed E-state index contributed by atoms with van der Waals surface area (Å²) >= 11 is 0. The number of aliphatic carboxylic acids is 1. The number of benzene rings is 1. The summed E-state index contributed by atoms with van der Waals surface area (Å²) in [6, 6.07) is 5.76. The predicted octanol–water partition coefficient (Wildman–Crippen LogP) is 3.23. The van der Waals surface area contributed by atoms with Gasteiger partial charge in [0, 0.05) is 0 Å². The number of rotatable bonds is 2. The number of ether oxygens (including phenoxy) is 1. The van der Waals surface area contributed by atoms with E-state index < -0.39 is 11.4 Å². The smallest absolute Gasteiger partial charge is 0.314 e. The van der Waals surface area contributed by atoms with Gasteiger partial charge in [-0.15, -0.1) is 0 Å². The van der Waals surface area contributed by atoms with Crippen molar-refractivity contribution < 1.29 is 14.6 Å². The van der Waals surface area contributed by atoms with Crippen LogP contribution in [0.4, 0.5) is 0 Å². The van der Waals surface area contributed by atoms with Gasteiger partial charge in [-0.1, -0.05) is 31.1 Å². The van der Waals surface area contributed by atoms with E-state index in [-0.39, 0.29) is 5.92 Å². The van der Waals surface area contributed by atoms with Gasteiger partial charge in [0.1, 0.15) is 5.75 Å². The first-order valence-electron chi connectivity index (χ1n) is 6.78. The molecule has 0 heterocycles. The van der Waals surface area contributed by atoms with Gasteiger partial charge >= 0.3 is 5.97 Å². The van der Waals surface area contributed by atoms with Gasteiger partial charge in [-0.3, -0.25) is 4.79 Å². The molecule has 0 saturated heterocycles. The summed E-state index contributed by atoms with van der Waals surface area (Å²) in [6.07, 6.45) is 7.92. The van der Waals surface area contributed by atoms with Crippen molar-refractivity contribution in [1.82, 2.24) is 0 Å². The third-order valence-electron chi connectivity index (χ3n) is 4.60. The van der Waals surface area contributed by atoms with Crippen molar-refractivity contribution in [2.75, 3.05) is 7.11 Å². The fourth-order valence-corrected chi connectivity index (χ4v) is 3.59. The highest BCUT2D eigenvalue weighted by atomic mass is 16.5. The van der Waals surface area contributed by atoms with Crippen molar-refractivity contribution in [2.45, 2.75) is 31.1 Å². The largest absolute Gasteiger partial charge is 0.497 e. The molecule has 0 aromatic heterocycles. The topological polar surface area (TPSA) is 46.5 Å². The third kappa shape index (κ3) is 1.68. The van der Waals surface area contributed by atoms with Gasteiger partial charge in [0.25, 0.3) is 0 Å². The minimum atomic E-state index is -0.753. The summed E-state index contributed by atoms with van der Waals surface area (Å²) in [5.41, 5.74) is 1.18. The van der Waals surface area contributed by atoms with Crippen LogP contribution in [0.15, 0.2) is 24.3 Å². The molecule has 1 N–H and O–H groups in total. The molecular weight excluding hydrogens is 240 g/mol. The van der Waals surface area contributed by atoms with Gasteiger partial charge in [0.2, 0.25) is 0 Å². The van der Waals surface area contributed by atoms with Crippen LogP contribution >= 0.6 is 0 Å². The molecule has 1 saturated carbocycles. The van der Waals surface area contributed by atoms with Crippen molar-refractivity contribution in [3.05, 3.63) is 35.4 Å². The second-order valence-electron chi connectivity index (χ2n) is 5.44. The Hall–Kier alpha value is -1.77. The molecule has 0 radical (unpaired) electrons. The summed E-state index contributed by atoms with van der Waals surface area (Å²) in [5.74, 6) is 0.147. The van der Waals surface area contributed by atoms with Crippen molar-refractivity contribution in [3.8, 4) is 5.75 Å². The summed E-state index contributed by atoms with van der Waals surface area (Å²) < 4.78 is 5.27. The van der Waals surface area contributed by atoms with Crippen LogP contribution in [0.5, 0.6) is 5.75 Å². The van der Waals surface area contributed by atoms with E-state index in [4.69, 9.17) is 4.74 Å². The molecule has 3 rings (SSSR count). The molecule has 1 fully saturated rings. The standard InChI is InChI=1S/C16H18O3/c1-19-13-8-6-11-5-7-12-4-2-3-9-16(12,15(17)18)14(11)10-13/h5-8,10,12H,2-4,9H2,1H3,(H,17,18)/t12-,16-/m0/s1. The monoisotopic (exact) mass is 258 g/mol. The van der Waals surface area contributed by atoms with Crippen LogP contribution in [-0.2, 0) is 10.2 Å². The highest BCUT2D eigenvalue weighted by Crippen LogP contribution is 2.49. The van der Waals surface area contributed by atoms with Gasteiger partial charge in [-0.2, -0.15) is 0 Å². The maximum absolute atomic E-state index is 12.0. The molecule has 2 aliphatic rings. The van der Waals surface area contributed by atoms with E-state index in [2.05, 4.69) is 12.2 Å². The first-order valence-corrected chi connectivity index (χ1v) is 6.78. The molecule has 2 aliphatic carbocycles. The molecular formula is C16H18O3. The first kappa shape index (κ1) is 12.3. The maximum Gasteiger partial charge on any atom is 0.314 e. The lowest BCUT2D eigenvalue weighted by Gasteiger charge is -2.43. The molecule has 0 unspecified atom stereocenters. The maximum atomic E-state index is 12.0. The molecule has 1 aromatic rings. The van der Waals surface area contributed by atoms with Crippen molar-refractivity contribution >= 4 is 12.0 Å². The van der Waals surface area contributed by atoms with Crippen molar-refractivity contribution in [3.63, 3.8) is 0 Å². The van der Waals surface area contributed by atoms with Crippen LogP contribution in [0.1, 0.15) is 36.8 Å². The summed E-state index contributed by atoms with van der Waals surface area (Å²) in [5, 5.41) is 9.86. The zero-order valence-corrected chi connectivity index (χ0v) is 11.1. The number of allylic oxidation sites excluding steroid dienone is 1. The van der Waals surface area contributed by atoms with E-state index in [1.54, 1.807) is 7.11 Å². The highest BCUT2D eigenvalue weighted by molar-refractivity contribution is 5.86. The quantitative estimate of drug-likeness (QED) is 0.885. The Morgan fingerprint density at radius 3 is 3.00 bits per heavy atom. The van der Waals surface area contributed by atoms with Gasteiger partial charge in [-0.05, 0) is 42.0 Å². The van der Waals surface area contributed by atoms with E-state index in [0.29, 0.717) is 0 Å². The predicted molar refractivity (Wildman–Crippen MR) is 73.3 cm³/mol. The average Bonchev–Trinajstić information content (AvgIpc) is 2.46. The molecule has 0 spiro atoms. The Labute approximate surface area is 112 Å². The van der Waals surface area contributed by atoms with Gasteiger partial charge in [-0.25, -0.2) is 0 Å². The zero-order valence-electron chi connectivity index (χ0n) is 11.1. The number of carbonyl (C=O) groups is 1. The molecule has 0 aliphatic heterocycles. The molecule has 1 aromatic carbocycles. The molecule has 3 heteroatoms. The normalized spacial score (nSPS) is 28.4. The second kappa shape index (κ2) is 4.41. The van der Waals surface area contributed by atoms with Crippen LogP contribution in [0.3, 0.4) is 0 Å². The highest BCUT2D eigenvalue weighted by Gasteiger charge is 2.50. The summed E-state index contributed by atoms with van der Waals surface area (Å²) in [7, 11) is 1.62. The number of hydrogen-bond donors (Lipinski definition) is 1. The van der Waals surface area contributed by atoms with E-state index in [1.165, 1.54) is 0 Å². The van der Waals surface area contributed by atoms with Crippen LogP contribution < -0.4 is 4.74 Å². The van der Waals surface area contributed by atoms with Crippen LogP contribution in [0.25, 0.3) is 6.08 Å². The molecule has 0 amide bonds. The number of hydrogen-bond acceptors (Lipinski definition) is 2. The lowest BCUT2D eigenvalue weighted by atomic mass is 9.59. The molecule has 100 valence electrons. The Bertz CT molecular complexity index is 547. The average molecular weight is 258 g/mol.